The topological polar surface area (TPSA) is 136 Å². The van der Waals surface area contributed by atoms with Crippen LogP contribution in [0.15, 0.2) is 41.4 Å². The fourth-order valence-electron chi connectivity index (χ4n) is 6.60. The predicted octanol–water partition coefficient (Wildman–Crippen LogP) is 5.80. The fraction of sp³-hybridized carbons (Fsp3) is 0.371. The van der Waals surface area contributed by atoms with E-state index in [1.807, 2.05) is 11.0 Å². The Morgan fingerprint density at radius 2 is 1.76 bits per heavy atom. The minimum Gasteiger partial charge on any atom is -0.373 e. The zero-order valence-corrected chi connectivity index (χ0v) is 28.4. The van der Waals surface area contributed by atoms with Gasteiger partial charge < -0.3 is 20.7 Å². The van der Waals surface area contributed by atoms with Gasteiger partial charge in [-0.1, -0.05) is 0 Å². The number of aliphatic imine (C=N–C) groups is 1. The maximum atomic E-state index is 16.0. The number of aromatic nitrogens is 3. The molecule has 10 nitrogen and oxygen atoms in total. The van der Waals surface area contributed by atoms with Gasteiger partial charge >= 0.3 is 6.18 Å². The molecule has 1 saturated carbocycles. The Kier molecular flexibility index (Phi) is 8.86. The number of alkyl halides is 3. The van der Waals surface area contributed by atoms with Gasteiger partial charge in [0.25, 0.3) is 5.91 Å². The molecule has 2 amide bonds. The Labute approximate surface area is 293 Å². The molecule has 0 radical (unpaired) electrons. The van der Waals surface area contributed by atoms with Crippen LogP contribution in [-0.4, -0.2) is 57.3 Å². The Morgan fingerprint density at radius 1 is 1.06 bits per heavy atom. The highest BCUT2D eigenvalue weighted by atomic mass is 32.1. The normalized spacial score (nSPS) is 17.2. The maximum absolute atomic E-state index is 16.0. The number of rotatable bonds is 9. The molecule has 1 aromatic carbocycles. The van der Waals surface area contributed by atoms with E-state index in [4.69, 9.17) is 15.5 Å². The molecule has 2 aliphatic heterocycles. The second-order valence-corrected chi connectivity index (χ2v) is 14.0. The fourth-order valence-corrected chi connectivity index (χ4v) is 7.34. The van der Waals surface area contributed by atoms with Crippen LogP contribution in [0.4, 0.5) is 27.6 Å². The number of hydrogen-bond donors (Lipinski definition) is 2. The van der Waals surface area contributed by atoms with Crippen LogP contribution in [-0.2, 0) is 33.5 Å². The number of aryl methyl sites for hydroxylation is 2. The number of pyridine rings is 1. The number of benzene rings is 1. The van der Waals surface area contributed by atoms with Gasteiger partial charge in [-0.3, -0.25) is 14.6 Å². The quantitative estimate of drug-likeness (QED) is 0.208. The molecule has 0 unspecified atom stereocenters. The van der Waals surface area contributed by atoms with Crippen molar-refractivity contribution in [2.75, 3.05) is 18.0 Å². The minimum atomic E-state index is -4.74. The lowest BCUT2D eigenvalue weighted by Gasteiger charge is -2.38. The van der Waals surface area contributed by atoms with Crippen molar-refractivity contribution in [1.29, 1.82) is 0 Å². The first-order valence-corrected chi connectivity index (χ1v) is 17.1. The van der Waals surface area contributed by atoms with Gasteiger partial charge in [-0.25, -0.2) is 19.3 Å². The SMILES string of the molecule is Cc1nc(CC(N)=O)nc(C)c1-c1cc(F)c(COC2CC2)c(N2CCC3(CC2)N=C(c2ccc(C(F)(F)F)nc2-c2ccc(F)s2)NC3=O)c1. The van der Waals surface area contributed by atoms with E-state index in [1.165, 1.54) is 18.2 Å². The minimum absolute atomic E-state index is 0.0512. The first kappa shape index (κ1) is 34.6. The second kappa shape index (κ2) is 13.1. The molecular weight excluding hydrogens is 693 g/mol. The number of amidine groups is 1. The summed E-state index contributed by atoms with van der Waals surface area (Å²) in [7, 11) is 0. The number of halogens is 5. The number of carbonyl (C=O) groups is 2. The summed E-state index contributed by atoms with van der Waals surface area (Å²) in [6.07, 6.45) is -2.55. The van der Waals surface area contributed by atoms with E-state index in [-0.39, 0.29) is 59.8 Å². The van der Waals surface area contributed by atoms with Gasteiger partial charge in [0.1, 0.15) is 28.7 Å². The smallest absolute Gasteiger partial charge is 0.373 e. The van der Waals surface area contributed by atoms with E-state index in [1.54, 1.807) is 13.8 Å². The van der Waals surface area contributed by atoms with E-state index in [0.29, 0.717) is 58.2 Å². The third kappa shape index (κ3) is 6.94. The third-order valence-electron chi connectivity index (χ3n) is 9.26. The largest absolute Gasteiger partial charge is 0.433 e. The van der Waals surface area contributed by atoms with Crippen LogP contribution < -0.4 is 16.0 Å². The number of nitrogens with zero attached hydrogens (tertiary/aromatic N) is 5. The lowest BCUT2D eigenvalue weighted by molar-refractivity contribution is -0.141. The Hall–Kier alpha value is -4.83. The number of carbonyl (C=O) groups excluding carboxylic acids is 2. The van der Waals surface area contributed by atoms with Crippen molar-refractivity contribution in [3.05, 3.63) is 81.4 Å². The van der Waals surface area contributed by atoms with Gasteiger partial charge in [0.05, 0.1) is 29.7 Å². The van der Waals surface area contributed by atoms with Crippen LogP contribution in [0.2, 0.25) is 0 Å². The summed E-state index contributed by atoms with van der Waals surface area (Å²) < 4.78 is 76.7. The average Bonchev–Trinajstić information content (AvgIpc) is 3.70. The molecule has 4 aromatic rings. The summed E-state index contributed by atoms with van der Waals surface area (Å²) >= 11 is 0.637. The van der Waals surface area contributed by atoms with Crippen molar-refractivity contribution in [2.24, 2.45) is 10.7 Å². The monoisotopic (exact) mass is 725 g/mol. The second-order valence-electron chi connectivity index (χ2n) is 12.9. The molecule has 3 aromatic heterocycles. The summed E-state index contributed by atoms with van der Waals surface area (Å²) in [5.74, 6) is -1.14. The van der Waals surface area contributed by atoms with Gasteiger partial charge in [-0.2, -0.15) is 17.6 Å². The van der Waals surface area contributed by atoms with Crippen molar-refractivity contribution in [3.63, 3.8) is 0 Å². The molecule has 7 rings (SSSR count). The lowest BCUT2D eigenvalue weighted by Crippen LogP contribution is -2.49. The number of ether oxygens (including phenoxy) is 1. The summed E-state index contributed by atoms with van der Waals surface area (Å²) in [6, 6.07) is 7.72. The highest BCUT2D eigenvalue weighted by Crippen LogP contribution is 2.40. The van der Waals surface area contributed by atoms with Gasteiger partial charge in [-0.05, 0) is 81.5 Å². The molecule has 51 heavy (non-hydrogen) atoms. The molecule has 0 atom stereocenters. The van der Waals surface area contributed by atoms with Crippen LogP contribution in [0.25, 0.3) is 21.7 Å². The molecule has 1 aliphatic carbocycles. The van der Waals surface area contributed by atoms with Crippen LogP contribution in [0.3, 0.4) is 0 Å². The molecule has 3 N–H and O–H groups in total. The summed E-state index contributed by atoms with van der Waals surface area (Å²) in [4.78, 5) is 44.6. The van der Waals surface area contributed by atoms with E-state index in [2.05, 4.69) is 20.3 Å². The molecule has 1 saturated heterocycles. The molecular formula is C35H32F5N7O3S. The number of hydrogen-bond acceptors (Lipinski definition) is 9. The van der Waals surface area contributed by atoms with Crippen LogP contribution in [0.5, 0.6) is 0 Å². The van der Waals surface area contributed by atoms with E-state index >= 15 is 4.39 Å². The standard InChI is InChI=1S/C35H32F5N7O3S/c1-17-30(18(2)43-29(42-17)15-28(41)48)19-13-23(36)22(16-50-20-3-4-20)24(14-19)47-11-9-34(10-12-47)33(49)45-32(46-34)21-5-7-26(35(38,39)40)44-31(21)25-6-8-27(37)51-25/h5-8,13-14,20H,3-4,9-12,15-16H2,1-2H3,(H2,41,48)(H,45,46,49). The highest BCUT2D eigenvalue weighted by molar-refractivity contribution is 7.13. The zero-order chi connectivity index (χ0) is 36.2. The molecule has 5 heterocycles. The van der Waals surface area contributed by atoms with Crippen molar-refractivity contribution < 1.29 is 36.3 Å². The van der Waals surface area contributed by atoms with Gasteiger partial charge in [0.2, 0.25) is 5.91 Å². The Balaban J connectivity index is 1.20. The summed E-state index contributed by atoms with van der Waals surface area (Å²) in [5, 5.41) is 2.14. The Bertz CT molecular complexity index is 2070. The molecule has 2 fully saturated rings. The van der Waals surface area contributed by atoms with Crippen molar-refractivity contribution in [2.45, 2.75) is 70.4 Å². The lowest BCUT2D eigenvalue weighted by atomic mass is 9.87. The van der Waals surface area contributed by atoms with E-state index in [0.717, 1.165) is 25.0 Å². The third-order valence-corrected chi connectivity index (χ3v) is 10.1. The number of thiophene rings is 1. The number of amides is 2. The molecule has 0 bridgehead atoms. The van der Waals surface area contributed by atoms with E-state index in [9.17, 15) is 27.2 Å². The highest BCUT2D eigenvalue weighted by Gasteiger charge is 2.47. The van der Waals surface area contributed by atoms with Gasteiger partial charge in [0.15, 0.2) is 5.13 Å². The summed E-state index contributed by atoms with van der Waals surface area (Å²) in [6.45, 7) is 4.15. The van der Waals surface area contributed by atoms with E-state index < -0.39 is 40.2 Å². The van der Waals surface area contributed by atoms with Crippen molar-refractivity contribution >= 4 is 34.7 Å². The number of nitrogens with one attached hydrogen (secondary N) is 1. The van der Waals surface area contributed by atoms with Crippen LogP contribution >= 0.6 is 11.3 Å². The van der Waals surface area contributed by atoms with Crippen molar-refractivity contribution in [1.82, 2.24) is 20.3 Å². The first-order valence-electron chi connectivity index (χ1n) is 16.3. The number of nitrogens with two attached hydrogens (primary N) is 1. The van der Waals surface area contributed by atoms with Crippen LogP contribution in [0, 0.1) is 24.8 Å². The average molecular weight is 726 g/mol. The predicted molar refractivity (Wildman–Crippen MR) is 179 cm³/mol. The molecule has 3 aliphatic rings. The molecule has 16 heteroatoms. The molecule has 1 spiro atoms. The Morgan fingerprint density at radius 3 is 2.37 bits per heavy atom. The van der Waals surface area contributed by atoms with Gasteiger partial charge in [-0.15, -0.1) is 11.3 Å². The molecule has 266 valence electrons. The van der Waals surface area contributed by atoms with Crippen molar-refractivity contribution in [3.8, 4) is 21.7 Å². The summed E-state index contributed by atoms with van der Waals surface area (Å²) in [5.41, 5.74) is 6.14. The zero-order valence-electron chi connectivity index (χ0n) is 27.5. The van der Waals surface area contributed by atoms with Crippen LogP contribution in [0.1, 0.15) is 59.7 Å². The number of primary amides is 1. The van der Waals surface area contributed by atoms with Gasteiger partial charge in [0, 0.05) is 46.9 Å². The first-order chi connectivity index (χ1) is 24.2. The number of anilines is 1. The maximum Gasteiger partial charge on any atom is 0.433 e. The number of piperidine rings is 1.